The maximum absolute atomic E-state index is 12.9. The first-order chi connectivity index (χ1) is 14.3. The molecule has 3 aliphatic rings. The van der Waals surface area contributed by atoms with Crippen LogP contribution in [-0.2, 0) is 19.6 Å². The van der Waals surface area contributed by atoms with Gasteiger partial charge in [0.2, 0.25) is 15.9 Å². The summed E-state index contributed by atoms with van der Waals surface area (Å²) in [7, 11) is -3.57. The second kappa shape index (κ2) is 7.99. The highest BCUT2D eigenvalue weighted by atomic mass is 32.2. The molecule has 1 saturated carbocycles. The molecule has 3 N–H and O–H groups in total. The SMILES string of the molecule is O=C1NC(=O)C2(CCC(C(=O)Nc3cccc(S(=O)(=O)N4CCCCC4)c3)CC2)N1. The summed E-state index contributed by atoms with van der Waals surface area (Å²) in [6, 6.07) is 5.85. The van der Waals surface area contributed by atoms with Crippen LogP contribution < -0.4 is 16.0 Å². The van der Waals surface area contributed by atoms with E-state index in [0.717, 1.165) is 19.3 Å². The van der Waals surface area contributed by atoms with Crippen molar-refractivity contribution in [2.45, 2.75) is 55.4 Å². The van der Waals surface area contributed by atoms with Gasteiger partial charge in [-0.3, -0.25) is 14.9 Å². The predicted molar refractivity (Wildman–Crippen MR) is 109 cm³/mol. The fourth-order valence-electron chi connectivity index (χ4n) is 4.49. The van der Waals surface area contributed by atoms with E-state index in [1.807, 2.05) is 0 Å². The molecule has 4 rings (SSSR count). The molecule has 30 heavy (non-hydrogen) atoms. The molecule has 2 aliphatic heterocycles. The minimum atomic E-state index is -3.57. The van der Waals surface area contributed by atoms with Gasteiger partial charge < -0.3 is 10.6 Å². The number of urea groups is 1. The van der Waals surface area contributed by atoms with Crippen molar-refractivity contribution in [3.63, 3.8) is 0 Å². The molecule has 2 heterocycles. The van der Waals surface area contributed by atoms with Gasteiger partial charge in [-0.05, 0) is 56.7 Å². The molecule has 0 aromatic heterocycles. The number of piperidine rings is 1. The van der Waals surface area contributed by atoms with E-state index in [1.54, 1.807) is 18.2 Å². The van der Waals surface area contributed by atoms with Gasteiger partial charge in [0.05, 0.1) is 4.90 Å². The van der Waals surface area contributed by atoms with E-state index in [1.165, 1.54) is 10.4 Å². The van der Waals surface area contributed by atoms with Gasteiger partial charge in [0, 0.05) is 24.7 Å². The fraction of sp³-hybridized carbons (Fsp3) is 0.550. The number of anilines is 1. The second-order valence-electron chi connectivity index (χ2n) is 8.25. The van der Waals surface area contributed by atoms with Crippen molar-refractivity contribution in [1.29, 1.82) is 0 Å². The quantitative estimate of drug-likeness (QED) is 0.621. The molecule has 4 amide bonds. The van der Waals surface area contributed by atoms with Gasteiger partial charge in [-0.15, -0.1) is 0 Å². The average molecular weight is 435 g/mol. The molecule has 0 bridgehead atoms. The zero-order valence-corrected chi connectivity index (χ0v) is 17.5. The van der Waals surface area contributed by atoms with E-state index in [0.29, 0.717) is 44.5 Å². The Balaban J connectivity index is 1.40. The summed E-state index contributed by atoms with van der Waals surface area (Å²) in [5, 5.41) is 7.76. The highest BCUT2D eigenvalue weighted by Crippen LogP contribution is 2.35. The number of nitrogens with one attached hydrogen (secondary N) is 3. The molecule has 1 aromatic carbocycles. The van der Waals surface area contributed by atoms with Crippen molar-refractivity contribution in [2.24, 2.45) is 5.92 Å². The molecule has 1 aromatic rings. The Bertz CT molecular complexity index is 963. The number of imide groups is 1. The molecular formula is C20H26N4O5S. The van der Waals surface area contributed by atoms with Gasteiger partial charge in [0.15, 0.2) is 0 Å². The summed E-state index contributed by atoms with van der Waals surface area (Å²) in [5.41, 5.74) is -0.471. The summed E-state index contributed by atoms with van der Waals surface area (Å²) in [6.07, 6.45) is 4.47. The van der Waals surface area contributed by atoms with E-state index in [4.69, 9.17) is 0 Å². The Labute approximate surface area is 175 Å². The van der Waals surface area contributed by atoms with Gasteiger partial charge in [-0.1, -0.05) is 12.5 Å². The molecule has 162 valence electrons. The third kappa shape index (κ3) is 3.93. The lowest BCUT2D eigenvalue weighted by Gasteiger charge is -2.33. The normalized spacial score (nSPS) is 27.5. The lowest BCUT2D eigenvalue weighted by atomic mass is 9.76. The molecule has 3 fully saturated rings. The molecule has 1 aliphatic carbocycles. The Hall–Kier alpha value is -2.46. The van der Waals surface area contributed by atoms with Crippen LogP contribution in [0.1, 0.15) is 44.9 Å². The highest BCUT2D eigenvalue weighted by Gasteiger charge is 2.48. The van der Waals surface area contributed by atoms with E-state index in [2.05, 4.69) is 16.0 Å². The van der Waals surface area contributed by atoms with Crippen molar-refractivity contribution in [1.82, 2.24) is 14.9 Å². The number of amides is 4. The summed E-state index contributed by atoms with van der Waals surface area (Å²) in [6.45, 7) is 1.04. The largest absolute Gasteiger partial charge is 0.326 e. The van der Waals surface area contributed by atoms with Crippen LogP contribution in [0.25, 0.3) is 0 Å². The first-order valence-electron chi connectivity index (χ1n) is 10.3. The summed E-state index contributed by atoms with van der Waals surface area (Å²) >= 11 is 0. The molecule has 9 nitrogen and oxygen atoms in total. The van der Waals surface area contributed by atoms with Crippen molar-refractivity contribution in [3.05, 3.63) is 24.3 Å². The van der Waals surface area contributed by atoms with E-state index >= 15 is 0 Å². The van der Waals surface area contributed by atoms with E-state index < -0.39 is 21.6 Å². The van der Waals surface area contributed by atoms with Crippen LogP contribution >= 0.6 is 0 Å². The maximum Gasteiger partial charge on any atom is 0.322 e. The predicted octanol–water partition coefficient (Wildman–Crippen LogP) is 1.57. The van der Waals surface area contributed by atoms with Crippen LogP contribution in [0, 0.1) is 5.92 Å². The Kier molecular flexibility index (Phi) is 5.54. The first-order valence-corrected chi connectivity index (χ1v) is 11.8. The molecular weight excluding hydrogens is 408 g/mol. The molecule has 0 atom stereocenters. The summed E-state index contributed by atoms with van der Waals surface area (Å²) < 4.78 is 27.2. The number of hydrogen-bond donors (Lipinski definition) is 3. The standard InChI is InChI=1S/C20H26N4O5S/c25-17(14-7-9-20(10-8-14)18(26)22-19(27)23-20)21-15-5-4-6-16(13-15)30(28,29)24-11-2-1-3-12-24/h4-6,13-14H,1-3,7-12H2,(H,21,25)(H2,22,23,26,27). The highest BCUT2D eigenvalue weighted by molar-refractivity contribution is 7.89. The number of sulfonamides is 1. The van der Waals surface area contributed by atoms with Gasteiger partial charge in [0.1, 0.15) is 5.54 Å². The minimum absolute atomic E-state index is 0.176. The van der Waals surface area contributed by atoms with Crippen molar-refractivity contribution in [2.75, 3.05) is 18.4 Å². The number of rotatable bonds is 4. The third-order valence-corrected chi connectivity index (χ3v) is 8.17. The zero-order chi connectivity index (χ0) is 21.4. The lowest BCUT2D eigenvalue weighted by molar-refractivity contribution is -0.128. The topological polar surface area (TPSA) is 125 Å². The third-order valence-electron chi connectivity index (χ3n) is 6.28. The summed E-state index contributed by atoms with van der Waals surface area (Å²) in [5.74, 6) is -0.840. The van der Waals surface area contributed by atoms with Gasteiger partial charge in [-0.2, -0.15) is 4.31 Å². The summed E-state index contributed by atoms with van der Waals surface area (Å²) in [4.78, 5) is 36.4. The minimum Gasteiger partial charge on any atom is -0.326 e. The molecule has 2 saturated heterocycles. The number of benzene rings is 1. The zero-order valence-electron chi connectivity index (χ0n) is 16.6. The molecule has 0 radical (unpaired) electrons. The Morgan fingerprint density at radius 2 is 1.80 bits per heavy atom. The number of hydrogen-bond acceptors (Lipinski definition) is 5. The fourth-order valence-corrected chi connectivity index (χ4v) is 6.05. The lowest BCUT2D eigenvalue weighted by Crippen LogP contribution is -2.50. The molecule has 0 unspecified atom stereocenters. The van der Waals surface area contributed by atoms with Crippen molar-refractivity contribution < 1.29 is 22.8 Å². The van der Waals surface area contributed by atoms with Crippen LogP contribution in [0.3, 0.4) is 0 Å². The van der Waals surface area contributed by atoms with Gasteiger partial charge in [0.25, 0.3) is 5.91 Å². The van der Waals surface area contributed by atoms with Gasteiger partial charge >= 0.3 is 6.03 Å². The van der Waals surface area contributed by atoms with Crippen molar-refractivity contribution >= 4 is 33.6 Å². The number of carbonyl (C=O) groups is 3. The smallest absolute Gasteiger partial charge is 0.322 e. The van der Waals surface area contributed by atoms with Crippen LogP contribution in [0.2, 0.25) is 0 Å². The van der Waals surface area contributed by atoms with E-state index in [9.17, 15) is 22.8 Å². The Morgan fingerprint density at radius 1 is 1.10 bits per heavy atom. The van der Waals surface area contributed by atoms with Gasteiger partial charge in [-0.25, -0.2) is 13.2 Å². The Morgan fingerprint density at radius 3 is 2.43 bits per heavy atom. The first kappa shape index (κ1) is 20.8. The maximum atomic E-state index is 12.9. The second-order valence-corrected chi connectivity index (χ2v) is 10.2. The van der Waals surface area contributed by atoms with E-state index in [-0.39, 0.29) is 22.6 Å². The number of carbonyl (C=O) groups excluding carboxylic acids is 3. The van der Waals surface area contributed by atoms with Crippen LogP contribution in [0.15, 0.2) is 29.2 Å². The monoisotopic (exact) mass is 434 g/mol. The van der Waals surface area contributed by atoms with Crippen LogP contribution in [0.5, 0.6) is 0 Å². The molecule has 1 spiro atoms. The average Bonchev–Trinajstić information content (AvgIpc) is 3.01. The number of nitrogens with zero attached hydrogens (tertiary/aromatic N) is 1. The van der Waals surface area contributed by atoms with Crippen LogP contribution in [0.4, 0.5) is 10.5 Å². The van der Waals surface area contributed by atoms with Crippen molar-refractivity contribution in [3.8, 4) is 0 Å². The molecule has 10 heteroatoms. The van der Waals surface area contributed by atoms with Crippen LogP contribution in [-0.4, -0.2) is 49.2 Å².